The van der Waals surface area contributed by atoms with E-state index in [1.807, 2.05) is 6.92 Å². The molecule has 3 rings (SSSR count). The Labute approximate surface area is 107 Å². The van der Waals surface area contributed by atoms with Crippen molar-refractivity contribution in [3.63, 3.8) is 0 Å². The quantitative estimate of drug-likeness (QED) is 0.861. The highest BCUT2D eigenvalue weighted by Crippen LogP contribution is 2.45. The SMILES string of the molecule is CC(NC1CC2CCC1C2)c1ccc(F)c(F)c1. The van der Waals surface area contributed by atoms with Crippen LogP contribution in [0.3, 0.4) is 0 Å². The van der Waals surface area contributed by atoms with Crippen molar-refractivity contribution in [3.8, 4) is 0 Å². The maximum Gasteiger partial charge on any atom is 0.159 e. The molecule has 1 aromatic carbocycles. The van der Waals surface area contributed by atoms with Crippen LogP contribution in [0.1, 0.15) is 44.2 Å². The molecule has 98 valence electrons. The van der Waals surface area contributed by atoms with Crippen LogP contribution in [0, 0.1) is 23.5 Å². The number of hydrogen-bond acceptors (Lipinski definition) is 1. The highest BCUT2D eigenvalue weighted by Gasteiger charge is 2.39. The summed E-state index contributed by atoms with van der Waals surface area (Å²) in [4.78, 5) is 0. The Bertz CT molecular complexity index is 446. The van der Waals surface area contributed by atoms with Gasteiger partial charge in [-0.1, -0.05) is 12.5 Å². The van der Waals surface area contributed by atoms with Crippen LogP contribution >= 0.6 is 0 Å². The van der Waals surface area contributed by atoms with Crippen molar-refractivity contribution in [2.75, 3.05) is 0 Å². The van der Waals surface area contributed by atoms with Crippen LogP contribution in [0.4, 0.5) is 8.78 Å². The molecule has 4 atom stereocenters. The van der Waals surface area contributed by atoms with Crippen molar-refractivity contribution in [2.24, 2.45) is 11.8 Å². The Balaban J connectivity index is 1.67. The van der Waals surface area contributed by atoms with Gasteiger partial charge in [0.05, 0.1) is 0 Å². The molecule has 2 fully saturated rings. The molecular formula is C15H19F2N. The number of nitrogens with one attached hydrogen (secondary N) is 1. The molecule has 4 unspecified atom stereocenters. The molecule has 2 bridgehead atoms. The van der Waals surface area contributed by atoms with Crippen molar-refractivity contribution >= 4 is 0 Å². The fourth-order valence-electron chi connectivity index (χ4n) is 3.65. The summed E-state index contributed by atoms with van der Waals surface area (Å²) in [6.45, 7) is 2.03. The minimum Gasteiger partial charge on any atom is -0.307 e. The third-order valence-corrected chi connectivity index (χ3v) is 4.65. The van der Waals surface area contributed by atoms with Crippen LogP contribution in [0.25, 0.3) is 0 Å². The molecule has 0 saturated heterocycles. The van der Waals surface area contributed by atoms with Gasteiger partial charge in [-0.15, -0.1) is 0 Å². The van der Waals surface area contributed by atoms with E-state index in [9.17, 15) is 8.78 Å². The molecule has 0 radical (unpaired) electrons. The highest BCUT2D eigenvalue weighted by atomic mass is 19.2. The lowest BCUT2D eigenvalue weighted by Crippen LogP contribution is -2.35. The topological polar surface area (TPSA) is 12.0 Å². The van der Waals surface area contributed by atoms with Crippen LogP contribution in [-0.4, -0.2) is 6.04 Å². The van der Waals surface area contributed by atoms with Crippen molar-refractivity contribution < 1.29 is 8.78 Å². The zero-order valence-electron chi connectivity index (χ0n) is 10.6. The van der Waals surface area contributed by atoms with Crippen molar-refractivity contribution in [2.45, 2.75) is 44.7 Å². The largest absolute Gasteiger partial charge is 0.307 e. The van der Waals surface area contributed by atoms with Gasteiger partial charge in [-0.2, -0.15) is 0 Å². The molecule has 1 N–H and O–H groups in total. The monoisotopic (exact) mass is 251 g/mol. The Morgan fingerprint density at radius 1 is 1.17 bits per heavy atom. The fourth-order valence-corrected chi connectivity index (χ4v) is 3.65. The van der Waals surface area contributed by atoms with Crippen LogP contribution in [0.5, 0.6) is 0 Å². The van der Waals surface area contributed by atoms with Gasteiger partial charge in [0.15, 0.2) is 11.6 Å². The Morgan fingerprint density at radius 3 is 2.61 bits per heavy atom. The first-order chi connectivity index (χ1) is 8.63. The van der Waals surface area contributed by atoms with Gasteiger partial charge >= 0.3 is 0 Å². The highest BCUT2D eigenvalue weighted by molar-refractivity contribution is 5.21. The molecule has 0 heterocycles. The predicted octanol–water partition coefficient (Wildman–Crippen LogP) is 3.80. The third kappa shape index (κ3) is 2.16. The lowest BCUT2D eigenvalue weighted by atomic mass is 9.94. The Morgan fingerprint density at radius 2 is 2.00 bits per heavy atom. The molecule has 3 heteroatoms. The summed E-state index contributed by atoms with van der Waals surface area (Å²) in [6.07, 6.45) is 5.30. The van der Waals surface area contributed by atoms with E-state index in [1.165, 1.54) is 37.8 Å². The maximum absolute atomic E-state index is 13.2. The van der Waals surface area contributed by atoms with Crippen LogP contribution < -0.4 is 5.32 Å². The first-order valence-corrected chi connectivity index (χ1v) is 6.84. The van der Waals surface area contributed by atoms with E-state index in [0.29, 0.717) is 6.04 Å². The van der Waals surface area contributed by atoms with Gasteiger partial charge in [-0.3, -0.25) is 0 Å². The minimum absolute atomic E-state index is 0.0875. The summed E-state index contributed by atoms with van der Waals surface area (Å²) in [5.74, 6) is 0.160. The normalized spacial score (nSPS) is 31.8. The van der Waals surface area contributed by atoms with E-state index in [0.717, 1.165) is 17.4 Å². The van der Waals surface area contributed by atoms with Gasteiger partial charge in [0, 0.05) is 12.1 Å². The number of rotatable bonds is 3. The molecular weight excluding hydrogens is 232 g/mol. The second kappa shape index (κ2) is 4.61. The summed E-state index contributed by atoms with van der Waals surface area (Å²) < 4.78 is 26.1. The van der Waals surface area contributed by atoms with Crippen molar-refractivity contribution in [1.82, 2.24) is 5.32 Å². The number of benzene rings is 1. The van der Waals surface area contributed by atoms with E-state index >= 15 is 0 Å². The zero-order valence-corrected chi connectivity index (χ0v) is 10.6. The van der Waals surface area contributed by atoms with Crippen LogP contribution in [0.2, 0.25) is 0 Å². The Hall–Kier alpha value is -0.960. The van der Waals surface area contributed by atoms with Crippen molar-refractivity contribution in [1.29, 1.82) is 0 Å². The maximum atomic E-state index is 13.2. The minimum atomic E-state index is -0.772. The molecule has 2 aliphatic carbocycles. The molecule has 0 amide bonds. The predicted molar refractivity (Wildman–Crippen MR) is 67.1 cm³/mol. The average molecular weight is 251 g/mol. The summed E-state index contributed by atoms with van der Waals surface area (Å²) in [7, 11) is 0. The van der Waals surface area contributed by atoms with E-state index in [4.69, 9.17) is 0 Å². The molecule has 18 heavy (non-hydrogen) atoms. The molecule has 2 aliphatic rings. The molecule has 0 aliphatic heterocycles. The second-order valence-corrected chi connectivity index (χ2v) is 5.84. The summed E-state index contributed by atoms with van der Waals surface area (Å²) in [5, 5.41) is 3.58. The summed E-state index contributed by atoms with van der Waals surface area (Å²) >= 11 is 0. The van der Waals surface area contributed by atoms with Gasteiger partial charge in [-0.05, 0) is 55.7 Å². The van der Waals surface area contributed by atoms with E-state index in [-0.39, 0.29) is 6.04 Å². The molecule has 0 aromatic heterocycles. The second-order valence-electron chi connectivity index (χ2n) is 5.84. The zero-order chi connectivity index (χ0) is 12.7. The summed E-state index contributed by atoms with van der Waals surface area (Å²) in [5.41, 5.74) is 0.830. The number of hydrogen-bond donors (Lipinski definition) is 1. The van der Waals surface area contributed by atoms with Crippen LogP contribution in [0.15, 0.2) is 18.2 Å². The fraction of sp³-hybridized carbons (Fsp3) is 0.600. The molecule has 0 spiro atoms. The standard InChI is InChI=1S/C15H19F2N/c1-9(11-4-5-13(16)14(17)8-11)18-15-7-10-2-3-12(15)6-10/h4-5,8-10,12,15,18H,2-3,6-7H2,1H3. The lowest BCUT2D eigenvalue weighted by Gasteiger charge is -2.27. The van der Waals surface area contributed by atoms with Gasteiger partial charge in [-0.25, -0.2) is 8.78 Å². The first-order valence-electron chi connectivity index (χ1n) is 6.84. The van der Waals surface area contributed by atoms with Crippen molar-refractivity contribution in [3.05, 3.63) is 35.4 Å². The molecule has 2 saturated carbocycles. The smallest absolute Gasteiger partial charge is 0.159 e. The Kier molecular flexibility index (Phi) is 3.10. The summed E-state index contributed by atoms with van der Waals surface area (Å²) in [6, 6.07) is 4.84. The van der Waals surface area contributed by atoms with E-state index < -0.39 is 11.6 Å². The van der Waals surface area contributed by atoms with E-state index in [2.05, 4.69) is 5.32 Å². The first kappa shape index (κ1) is 12.1. The number of fused-ring (bicyclic) bond motifs is 2. The molecule has 1 nitrogen and oxygen atoms in total. The van der Waals surface area contributed by atoms with Gasteiger partial charge in [0.2, 0.25) is 0 Å². The van der Waals surface area contributed by atoms with Crippen LogP contribution in [-0.2, 0) is 0 Å². The lowest BCUT2D eigenvalue weighted by molar-refractivity contribution is 0.326. The average Bonchev–Trinajstić information content (AvgIpc) is 2.94. The van der Waals surface area contributed by atoms with E-state index in [1.54, 1.807) is 6.07 Å². The van der Waals surface area contributed by atoms with Gasteiger partial charge in [0.1, 0.15) is 0 Å². The molecule has 1 aromatic rings. The van der Waals surface area contributed by atoms with Gasteiger partial charge < -0.3 is 5.32 Å². The number of halogens is 2. The third-order valence-electron chi connectivity index (χ3n) is 4.65. The van der Waals surface area contributed by atoms with Gasteiger partial charge in [0.25, 0.3) is 0 Å².